The van der Waals surface area contributed by atoms with E-state index in [4.69, 9.17) is 15.2 Å². The summed E-state index contributed by atoms with van der Waals surface area (Å²) in [5.74, 6) is 0.331. The van der Waals surface area contributed by atoms with Gasteiger partial charge in [0.15, 0.2) is 11.6 Å². The van der Waals surface area contributed by atoms with Crippen LogP contribution in [0.15, 0.2) is 36.4 Å². The Morgan fingerprint density at radius 1 is 1.05 bits per heavy atom. The fraction of sp³-hybridized carbons (Fsp3) is 0.143. The molecule has 0 aliphatic heterocycles. The molecule has 19 heavy (non-hydrogen) atoms. The van der Waals surface area contributed by atoms with Crippen molar-refractivity contribution < 1.29 is 13.9 Å². The topological polar surface area (TPSA) is 56.5 Å². The summed E-state index contributed by atoms with van der Waals surface area (Å²) in [4.78, 5) is 0. The highest BCUT2D eigenvalue weighted by Gasteiger charge is 2.07. The second-order valence-electron chi connectivity index (χ2n) is 3.90. The van der Waals surface area contributed by atoms with E-state index in [1.54, 1.807) is 37.4 Å². The smallest absolute Gasteiger partial charge is 0.167 e. The predicted octanol–water partition coefficient (Wildman–Crippen LogP) is 3.17. The molecule has 0 unspecified atom stereocenters. The molecule has 0 fully saturated rings. The molecule has 0 heterocycles. The van der Waals surface area contributed by atoms with E-state index in [9.17, 15) is 4.39 Å². The Morgan fingerprint density at radius 3 is 2.42 bits per heavy atom. The van der Waals surface area contributed by atoms with E-state index in [0.717, 1.165) is 0 Å². The fourth-order valence-corrected chi connectivity index (χ4v) is 1.73. The Hall–Kier alpha value is -2.43. The highest BCUT2D eigenvalue weighted by Crippen LogP contribution is 2.32. The first kappa shape index (κ1) is 13.0. The number of rotatable bonds is 4. The lowest BCUT2D eigenvalue weighted by Gasteiger charge is -2.12. The lowest BCUT2D eigenvalue weighted by Crippen LogP contribution is -1.99. The molecular weight excluding hydrogens is 247 g/mol. The van der Waals surface area contributed by atoms with Crippen molar-refractivity contribution in [2.24, 2.45) is 0 Å². The zero-order valence-corrected chi connectivity index (χ0v) is 10.7. The summed E-state index contributed by atoms with van der Waals surface area (Å²) in [6.45, 7) is 0. The number of ether oxygens (including phenoxy) is 2. The minimum Gasteiger partial charge on any atom is -0.495 e. The van der Waals surface area contributed by atoms with Crippen molar-refractivity contribution in [1.29, 1.82) is 0 Å². The van der Waals surface area contributed by atoms with Gasteiger partial charge in [-0.1, -0.05) is 6.07 Å². The maximum atomic E-state index is 13.6. The van der Waals surface area contributed by atoms with Crippen molar-refractivity contribution in [2.75, 3.05) is 25.3 Å². The van der Waals surface area contributed by atoms with Gasteiger partial charge in [0.1, 0.15) is 5.75 Å². The molecule has 0 amide bonds. The van der Waals surface area contributed by atoms with Crippen LogP contribution in [0, 0.1) is 5.82 Å². The third-order valence-corrected chi connectivity index (χ3v) is 2.72. The van der Waals surface area contributed by atoms with Crippen LogP contribution in [0.25, 0.3) is 0 Å². The number of benzene rings is 2. The van der Waals surface area contributed by atoms with Gasteiger partial charge in [-0.3, -0.25) is 0 Å². The number of methoxy groups -OCH3 is 2. The predicted molar refractivity (Wildman–Crippen MR) is 73.6 cm³/mol. The van der Waals surface area contributed by atoms with E-state index >= 15 is 0 Å². The van der Waals surface area contributed by atoms with E-state index in [0.29, 0.717) is 22.8 Å². The molecular formula is C14H15FN2O2. The molecule has 0 atom stereocenters. The van der Waals surface area contributed by atoms with Crippen molar-refractivity contribution in [1.82, 2.24) is 0 Å². The zero-order valence-electron chi connectivity index (χ0n) is 10.7. The van der Waals surface area contributed by atoms with Gasteiger partial charge in [0, 0.05) is 11.8 Å². The minimum absolute atomic E-state index is 0.198. The molecule has 4 nitrogen and oxygen atoms in total. The van der Waals surface area contributed by atoms with Crippen LogP contribution in [0.5, 0.6) is 11.5 Å². The first-order chi connectivity index (χ1) is 9.15. The second kappa shape index (κ2) is 5.48. The van der Waals surface area contributed by atoms with Crippen molar-refractivity contribution in [3.05, 3.63) is 42.2 Å². The zero-order chi connectivity index (χ0) is 13.8. The molecule has 0 spiro atoms. The number of nitrogen functional groups attached to an aromatic ring is 1. The summed E-state index contributed by atoms with van der Waals surface area (Å²) < 4.78 is 23.6. The Bertz CT molecular complexity index is 588. The lowest BCUT2D eigenvalue weighted by atomic mass is 10.2. The SMILES string of the molecule is COc1ccc(Nc2cccc(OC)c2N)cc1F. The molecule has 0 aromatic heterocycles. The largest absolute Gasteiger partial charge is 0.495 e. The summed E-state index contributed by atoms with van der Waals surface area (Å²) >= 11 is 0. The molecule has 3 N–H and O–H groups in total. The minimum atomic E-state index is -0.436. The second-order valence-corrected chi connectivity index (χ2v) is 3.90. The number of halogens is 1. The van der Waals surface area contributed by atoms with Crippen LogP contribution >= 0.6 is 0 Å². The Balaban J connectivity index is 2.29. The fourth-order valence-electron chi connectivity index (χ4n) is 1.73. The van der Waals surface area contributed by atoms with Crippen molar-refractivity contribution >= 4 is 17.1 Å². The van der Waals surface area contributed by atoms with Crippen LogP contribution in [0.4, 0.5) is 21.5 Å². The summed E-state index contributed by atoms with van der Waals surface area (Å²) in [5.41, 5.74) is 7.64. The Morgan fingerprint density at radius 2 is 1.79 bits per heavy atom. The summed E-state index contributed by atoms with van der Waals surface area (Å²) in [6, 6.07) is 9.96. The first-order valence-corrected chi connectivity index (χ1v) is 5.68. The van der Waals surface area contributed by atoms with Gasteiger partial charge in [-0.05, 0) is 24.3 Å². The molecule has 5 heteroatoms. The first-order valence-electron chi connectivity index (χ1n) is 5.68. The van der Waals surface area contributed by atoms with E-state index in [1.807, 2.05) is 0 Å². The Labute approximate surface area is 111 Å². The summed E-state index contributed by atoms with van der Waals surface area (Å²) in [5, 5.41) is 3.04. The maximum absolute atomic E-state index is 13.6. The molecule has 0 saturated heterocycles. The van der Waals surface area contributed by atoms with Crippen LogP contribution in [-0.2, 0) is 0 Å². The van der Waals surface area contributed by atoms with Gasteiger partial charge >= 0.3 is 0 Å². The van der Waals surface area contributed by atoms with E-state index in [-0.39, 0.29) is 5.75 Å². The summed E-state index contributed by atoms with van der Waals surface area (Å²) in [7, 11) is 2.97. The number of nitrogens with two attached hydrogens (primary N) is 1. The molecule has 100 valence electrons. The standard InChI is InChI=1S/C14H15FN2O2/c1-18-12-7-6-9(8-10(12)15)17-11-4-3-5-13(19-2)14(11)16/h3-8,17H,16H2,1-2H3. The van der Waals surface area contributed by atoms with Crippen LogP contribution < -0.4 is 20.5 Å². The quantitative estimate of drug-likeness (QED) is 0.831. The number of anilines is 3. The van der Waals surface area contributed by atoms with E-state index < -0.39 is 5.82 Å². The van der Waals surface area contributed by atoms with Gasteiger partial charge in [-0.25, -0.2) is 4.39 Å². The average molecular weight is 262 g/mol. The monoisotopic (exact) mass is 262 g/mol. The number of nitrogens with one attached hydrogen (secondary N) is 1. The van der Waals surface area contributed by atoms with Gasteiger partial charge in [0.25, 0.3) is 0 Å². The molecule has 2 rings (SSSR count). The highest BCUT2D eigenvalue weighted by atomic mass is 19.1. The summed E-state index contributed by atoms with van der Waals surface area (Å²) in [6.07, 6.45) is 0. The molecule has 0 aliphatic rings. The van der Waals surface area contributed by atoms with E-state index in [2.05, 4.69) is 5.32 Å². The van der Waals surface area contributed by atoms with Crippen molar-refractivity contribution in [3.63, 3.8) is 0 Å². The lowest BCUT2D eigenvalue weighted by molar-refractivity contribution is 0.386. The number of hydrogen-bond acceptors (Lipinski definition) is 4. The normalized spacial score (nSPS) is 10.1. The molecule has 0 saturated carbocycles. The number of para-hydroxylation sites is 1. The van der Waals surface area contributed by atoms with Gasteiger partial charge in [-0.15, -0.1) is 0 Å². The van der Waals surface area contributed by atoms with Crippen LogP contribution in [-0.4, -0.2) is 14.2 Å². The Kier molecular flexibility index (Phi) is 3.75. The van der Waals surface area contributed by atoms with Crippen LogP contribution in [0.3, 0.4) is 0 Å². The molecule has 2 aromatic rings. The third-order valence-electron chi connectivity index (χ3n) is 2.72. The van der Waals surface area contributed by atoms with E-state index in [1.165, 1.54) is 13.2 Å². The van der Waals surface area contributed by atoms with Crippen LogP contribution in [0.2, 0.25) is 0 Å². The van der Waals surface area contributed by atoms with Crippen molar-refractivity contribution in [3.8, 4) is 11.5 Å². The van der Waals surface area contributed by atoms with Gasteiger partial charge in [0.2, 0.25) is 0 Å². The highest BCUT2D eigenvalue weighted by molar-refractivity contribution is 5.77. The molecule has 2 aromatic carbocycles. The van der Waals surface area contributed by atoms with Crippen LogP contribution in [0.1, 0.15) is 0 Å². The van der Waals surface area contributed by atoms with Gasteiger partial charge in [-0.2, -0.15) is 0 Å². The van der Waals surface area contributed by atoms with Crippen molar-refractivity contribution in [2.45, 2.75) is 0 Å². The molecule has 0 bridgehead atoms. The molecule has 0 radical (unpaired) electrons. The third kappa shape index (κ3) is 2.70. The van der Waals surface area contributed by atoms with Gasteiger partial charge in [0.05, 0.1) is 25.6 Å². The van der Waals surface area contributed by atoms with Gasteiger partial charge < -0.3 is 20.5 Å². The average Bonchev–Trinajstić information content (AvgIpc) is 2.41. The molecule has 0 aliphatic carbocycles. The maximum Gasteiger partial charge on any atom is 0.167 e. The number of hydrogen-bond donors (Lipinski definition) is 2.